The number of hydrogen-bond acceptors (Lipinski definition) is 6. The fourth-order valence-corrected chi connectivity index (χ4v) is 4.75. The number of esters is 1. The molecule has 1 saturated heterocycles. The molecule has 0 unspecified atom stereocenters. The van der Waals surface area contributed by atoms with Crippen molar-refractivity contribution >= 4 is 41.0 Å². The van der Waals surface area contributed by atoms with Crippen molar-refractivity contribution in [1.82, 2.24) is 4.90 Å². The molecule has 4 aromatic rings. The number of nitrogens with zero attached hydrogens (tertiary/aromatic N) is 3. The maximum absolute atomic E-state index is 13.6. The highest BCUT2D eigenvalue weighted by atomic mass is 16.5. The van der Waals surface area contributed by atoms with Gasteiger partial charge < -0.3 is 14.4 Å². The first-order chi connectivity index (χ1) is 20.6. The summed E-state index contributed by atoms with van der Waals surface area (Å²) in [5.74, 6) is -0.606. The number of benzene rings is 4. The van der Waals surface area contributed by atoms with E-state index in [9.17, 15) is 9.59 Å². The van der Waals surface area contributed by atoms with E-state index in [-0.39, 0.29) is 24.3 Å². The topological polar surface area (TPSA) is 71.4 Å². The molecule has 42 heavy (non-hydrogen) atoms. The maximum atomic E-state index is 13.6. The van der Waals surface area contributed by atoms with Crippen LogP contribution in [-0.4, -0.2) is 42.5 Å². The van der Waals surface area contributed by atoms with Gasteiger partial charge in [-0.2, -0.15) is 4.99 Å². The lowest BCUT2D eigenvalue weighted by atomic mass is 10.1. The van der Waals surface area contributed by atoms with E-state index in [1.165, 1.54) is 4.90 Å². The zero-order chi connectivity index (χ0) is 29.3. The lowest BCUT2D eigenvalue weighted by molar-refractivity contribution is -0.122. The first kappa shape index (κ1) is 28.4. The van der Waals surface area contributed by atoms with Crippen LogP contribution in [0.2, 0.25) is 0 Å². The van der Waals surface area contributed by atoms with Crippen LogP contribution >= 0.6 is 0 Å². The summed E-state index contributed by atoms with van der Waals surface area (Å²) in [5, 5.41) is 0. The van der Waals surface area contributed by atoms with Gasteiger partial charge in [0, 0.05) is 24.5 Å². The first-order valence-corrected chi connectivity index (χ1v) is 14.1. The Labute approximate surface area is 246 Å². The van der Waals surface area contributed by atoms with Gasteiger partial charge in [-0.15, -0.1) is 0 Å². The predicted molar refractivity (Wildman–Crippen MR) is 166 cm³/mol. The summed E-state index contributed by atoms with van der Waals surface area (Å²) in [6.07, 6.45) is 2.34. The van der Waals surface area contributed by atoms with Crippen molar-refractivity contribution in [3.63, 3.8) is 0 Å². The summed E-state index contributed by atoms with van der Waals surface area (Å²) in [5.41, 5.74) is 4.74. The number of carbonyl (C=O) groups excluding carboxylic acids is 2. The molecule has 1 aliphatic heterocycles. The molecule has 0 atom stereocenters. The second-order valence-corrected chi connectivity index (χ2v) is 9.61. The van der Waals surface area contributed by atoms with Gasteiger partial charge >= 0.3 is 12.0 Å². The minimum absolute atomic E-state index is 0.122. The van der Waals surface area contributed by atoms with Crippen molar-refractivity contribution in [3.05, 3.63) is 132 Å². The average Bonchev–Trinajstić information content (AvgIpc) is 3.31. The maximum Gasteiger partial charge on any atom is 0.340 e. The van der Waals surface area contributed by atoms with Crippen molar-refractivity contribution in [2.75, 3.05) is 24.6 Å². The van der Waals surface area contributed by atoms with Gasteiger partial charge in [0.2, 0.25) is 0 Å². The molecule has 5 rings (SSSR count). The summed E-state index contributed by atoms with van der Waals surface area (Å²) < 4.78 is 11.3. The van der Waals surface area contributed by atoms with Crippen LogP contribution in [-0.2, 0) is 20.7 Å². The van der Waals surface area contributed by atoms with Crippen molar-refractivity contribution in [1.29, 1.82) is 0 Å². The van der Waals surface area contributed by atoms with Crippen molar-refractivity contribution in [2.24, 2.45) is 4.99 Å². The van der Waals surface area contributed by atoms with Gasteiger partial charge in [-0.3, -0.25) is 9.69 Å². The van der Waals surface area contributed by atoms with E-state index in [1.54, 1.807) is 37.3 Å². The van der Waals surface area contributed by atoms with E-state index in [1.807, 2.05) is 72.8 Å². The molecule has 7 nitrogen and oxygen atoms in total. The van der Waals surface area contributed by atoms with Crippen molar-refractivity contribution in [3.8, 4) is 0 Å². The molecule has 7 heteroatoms. The number of ether oxygens (including phenoxy) is 2. The molecule has 0 bridgehead atoms. The van der Waals surface area contributed by atoms with E-state index < -0.39 is 5.97 Å². The Morgan fingerprint density at radius 3 is 2.19 bits per heavy atom. The molecule has 0 spiro atoms. The lowest BCUT2D eigenvalue weighted by Crippen LogP contribution is -2.32. The van der Waals surface area contributed by atoms with Crippen LogP contribution in [0, 0.1) is 0 Å². The number of aliphatic imine (C=N–C) groups is 1. The Kier molecular flexibility index (Phi) is 9.09. The molecule has 1 fully saturated rings. The molecule has 1 amide bonds. The van der Waals surface area contributed by atoms with Crippen LogP contribution in [0.1, 0.15) is 35.3 Å². The van der Waals surface area contributed by atoms with E-state index in [0.717, 1.165) is 29.0 Å². The number of carbonyl (C=O) groups is 2. The summed E-state index contributed by atoms with van der Waals surface area (Å²) in [6, 6.07) is 35.1. The van der Waals surface area contributed by atoms with Gasteiger partial charge in [0.1, 0.15) is 0 Å². The van der Waals surface area contributed by atoms with Crippen LogP contribution in [0.3, 0.4) is 0 Å². The highest BCUT2D eigenvalue weighted by molar-refractivity contribution is 6.12. The van der Waals surface area contributed by atoms with Gasteiger partial charge in [0.25, 0.3) is 5.91 Å². The third kappa shape index (κ3) is 6.58. The molecule has 0 aromatic heterocycles. The molecular formula is C35H33N3O4. The number of amidine groups is 1. The number of amides is 1. The minimum atomic E-state index is -0.481. The van der Waals surface area contributed by atoms with Crippen LogP contribution in [0.4, 0.5) is 17.1 Å². The van der Waals surface area contributed by atoms with Gasteiger partial charge in [-0.1, -0.05) is 72.8 Å². The molecule has 1 heterocycles. The Morgan fingerprint density at radius 2 is 1.50 bits per heavy atom. The van der Waals surface area contributed by atoms with Gasteiger partial charge in [0.05, 0.1) is 17.9 Å². The van der Waals surface area contributed by atoms with E-state index in [4.69, 9.17) is 9.47 Å². The van der Waals surface area contributed by atoms with E-state index in [2.05, 4.69) is 28.9 Å². The van der Waals surface area contributed by atoms with Gasteiger partial charge in [0.15, 0.2) is 5.76 Å². The van der Waals surface area contributed by atoms with E-state index >= 15 is 0 Å². The molecule has 0 radical (unpaired) electrons. The third-order valence-electron chi connectivity index (χ3n) is 6.86. The highest BCUT2D eigenvalue weighted by Crippen LogP contribution is 2.28. The van der Waals surface area contributed by atoms with Crippen LogP contribution in [0.25, 0.3) is 6.08 Å². The summed E-state index contributed by atoms with van der Waals surface area (Å²) in [4.78, 5) is 34.5. The highest BCUT2D eigenvalue weighted by Gasteiger charge is 2.35. The van der Waals surface area contributed by atoms with Crippen LogP contribution in [0.15, 0.2) is 120 Å². The van der Waals surface area contributed by atoms with Crippen molar-refractivity contribution < 1.29 is 19.1 Å². The smallest absolute Gasteiger partial charge is 0.340 e. The lowest BCUT2D eigenvalue weighted by Gasteiger charge is -2.23. The molecule has 0 aliphatic carbocycles. The quantitative estimate of drug-likeness (QED) is 0.152. The fraction of sp³-hybridized carbons (Fsp3) is 0.171. The Hall–Kier alpha value is -5.17. The monoisotopic (exact) mass is 559 g/mol. The second-order valence-electron chi connectivity index (χ2n) is 9.61. The number of para-hydroxylation sites is 2. The zero-order valence-electron chi connectivity index (χ0n) is 23.8. The largest absolute Gasteiger partial charge is 0.462 e. The molecule has 0 saturated carbocycles. The van der Waals surface area contributed by atoms with E-state index in [0.29, 0.717) is 24.2 Å². The van der Waals surface area contributed by atoms with Crippen LogP contribution in [0.5, 0.6) is 0 Å². The summed E-state index contributed by atoms with van der Waals surface area (Å²) >= 11 is 0. The SMILES string of the molecule is CCOC(=O)c1ccccc1N=C1OC(=Cc2ccc(N(CC)c3ccccc3)cc2)C(=O)N1CCc1ccccc1. The van der Waals surface area contributed by atoms with Crippen molar-refractivity contribution in [2.45, 2.75) is 20.3 Å². The molecule has 1 aliphatic rings. The first-order valence-electron chi connectivity index (χ1n) is 14.1. The second kappa shape index (κ2) is 13.5. The minimum Gasteiger partial charge on any atom is -0.462 e. The summed E-state index contributed by atoms with van der Waals surface area (Å²) in [6.45, 7) is 5.28. The Bertz CT molecular complexity index is 1580. The normalized spacial score (nSPS) is 14.7. The fourth-order valence-electron chi connectivity index (χ4n) is 4.75. The molecule has 4 aromatic carbocycles. The predicted octanol–water partition coefficient (Wildman–Crippen LogP) is 7.15. The van der Waals surface area contributed by atoms with Gasteiger partial charge in [-0.25, -0.2) is 4.79 Å². The number of anilines is 2. The Balaban J connectivity index is 1.44. The molecule has 212 valence electrons. The average molecular weight is 560 g/mol. The number of rotatable bonds is 10. The summed E-state index contributed by atoms with van der Waals surface area (Å²) in [7, 11) is 0. The molecule has 0 N–H and O–H groups in total. The molecular weight excluding hydrogens is 526 g/mol. The van der Waals surface area contributed by atoms with Gasteiger partial charge in [-0.05, 0) is 73.9 Å². The third-order valence-corrected chi connectivity index (χ3v) is 6.86. The standard InChI is InChI=1S/C35H33N3O4/c1-3-37(28-15-9-6-10-16-28)29-21-19-27(20-22-29)25-32-33(39)38(24-23-26-13-7-5-8-14-26)35(42-32)36-31-18-12-11-17-30(31)34(40)41-4-2/h5-22,25H,3-4,23-24H2,1-2H3. The zero-order valence-corrected chi connectivity index (χ0v) is 23.8. The Morgan fingerprint density at radius 1 is 0.857 bits per heavy atom. The van der Waals surface area contributed by atoms with Crippen LogP contribution < -0.4 is 4.90 Å². The number of hydrogen-bond donors (Lipinski definition) is 0.